The third-order valence-corrected chi connectivity index (χ3v) is 3.27. The van der Waals surface area contributed by atoms with Gasteiger partial charge in [0.1, 0.15) is 11.5 Å². The molecule has 0 aromatic heterocycles. The zero-order valence-corrected chi connectivity index (χ0v) is 14.5. The van der Waals surface area contributed by atoms with Gasteiger partial charge in [-0.15, -0.1) is 0 Å². The van der Waals surface area contributed by atoms with Crippen LogP contribution in [0.4, 0.5) is 0 Å². The summed E-state index contributed by atoms with van der Waals surface area (Å²) in [7, 11) is 2.51. The molecular formula is C16H16Cl2N2O4. The van der Waals surface area contributed by atoms with Crippen molar-refractivity contribution < 1.29 is 19.7 Å². The van der Waals surface area contributed by atoms with Crippen LogP contribution in [0, 0.1) is 0 Å². The lowest BCUT2D eigenvalue weighted by Crippen LogP contribution is -2.17. The number of phenols is 1. The third kappa shape index (κ3) is 5.42. The molecule has 1 amide bonds. The number of methoxy groups -OCH3 is 1. The van der Waals surface area contributed by atoms with Crippen molar-refractivity contribution in [2.45, 2.75) is 0 Å². The van der Waals surface area contributed by atoms with Gasteiger partial charge in [0.15, 0.2) is 0 Å². The first-order valence-electron chi connectivity index (χ1n) is 6.61. The van der Waals surface area contributed by atoms with E-state index in [-0.39, 0.29) is 10.8 Å². The van der Waals surface area contributed by atoms with Crippen LogP contribution in [0.5, 0.6) is 11.5 Å². The molecule has 6 nitrogen and oxygen atoms in total. The maximum Gasteiger partial charge on any atom is 0.271 e. The summed E-state index contributed by atoms with van der Waals surface area (Å²) in [5.41, 5.74) is 3.03. The van der Waals surface area contributed by atoms with Crippen molar-refractivity contribution in [3.63, 3.8) is 0 Å². The van der Waals surface area contributed by atoms with Gasteiger partial charge in [-0.05, 0) is 30.3 Å². The van der Waals surface area contributed by atoms with Gasteiger partial charge in [0.05, 0.1) is 18.3 Å². The highest BCUT2D eigenvalue weighted by Crippen LogP contribution is 2.29. The molecule has 0 unspecified atom stereocenters. The Morgan fingerprint density at radius 3 is 2.62 bits per heavy atom. The molecule has 0 saturated heterocycles. The van der Waals surface area contributed by atoms with Crippen molar-refractivity contribution in [1.29, 1.82) is 0 Å². The minimum atomic E-state index is -0.414. The van der Waals surface area contributed by atoms with Gasteiger partial charge in [0.2, 0.25) is 0 Å². The molecule has 0 bridgehead atoms. The minimum Gasteiger partial charge on any atom is -0.506 e. The quantitative estimate of drug-likeness (QED) is 0.569. The van der Waals surface area contributed by atoms with Crippen LogP contribution in [0.25, 0.3) is 0 Å². The van der Waals surface area contributed by atoms with Crippen LogP contribution in [-0.2, 0) is 0 Å². The number of benzene rings is 2. The van der Waals surface area contributed by atoms with Gasteiger partial charge in [0.25, 0.3) is 5.91 Å². The summed E-state index contributed by atoms with van der Waals surface area (Å²) in [4.78, 5) is 11.9. The minimum absolute atomic E-state index is 0.105. The van der Waals surface area contributed by atoms with Crippen molar-refractivity contribution in [3.05, 3.63) is 57.6 Å². The van der Waals surface area contributed by atoms with Crippen LogP contribution in [0.3, 0.4) is 0 Å². The maximum atomic E-state index is 11.9. The molecule has 0 atom stereocenters. The van der Waals surface area contributed by atoms with Crippen LogP contribution < -0.4 is 10.2 Å². The van der Waals surface area contributed by atoms with Gasteiger partial charge in [0, 0.05) is 23.3 Å². The summed E-state index contributed by atoms with van der Waals surface area (Å²) < 4.78 is 5.04. The lowest BCUT2D eigenvalue weighted by molar-refractivity contribution is 0.0954. The first-order valence-corrected chi connectivity index (χ1v) is 7.37. The van der Waals surface area contributed by atoms with Crippen LogP contribution in [0.1, 0.15) is 15.9 Å². The smallest absolute Gasteiger partial charge is 0.271 e. The van der Waals surface area contributed by atoms with Crippen molar-refractivity contribution in [2.24, 2.45) is 5.10 Å². The van der Waals surface area contributed by atoms with Crippen molar-refractivity contribution in [1.82, 2.24) is 5.43 Å². The second-order valence-corrected chi connectivity index (χ2v) is 5.10. The molecule has 0 radical (unpaired) electrons. The Morgan fingerprint density at radius 1 is 1.25 bits per heavy atom. The molecule has 24 heavy (non-hydrogen) atoms. The standard InChI is InChI=1S/C15H12Cl2N2O3.CH4O/c1-22-12-4-2-3-9(6-12)15(21)19-18-8-10-5-11(16)7-13(17)14(10)20;1-2/h2-8,20H,1H3,(H,19,21);2H,1H3/b18-8+;. The zero-order valence-electron chi connectivity index (χ0n) is 13.0. The Hall–Kier alpha value is -2.28. The highest BCUT2D eigenvalue weighted by Gasteiger charge is 2.07. The second kappa shape index (κ2) is 9.77. The number of nitrogens with one attached hydrogen (secondary N) is 1. The number of hydrazone groups is 1. The number of phenolic OH excluding ortho intramolecular Hbond substituents is 1. The van der Waals surface area contributed by atoms with E-state index >= 15 is 0 Å². The summed E-state index contributed by atoms with van der Waals surface area (Å²) >= 11 is 11.6. The number of ether oxygens (including phenoxy) is 1. The molecular weight excluding hydrogens is 355 g/mol. The molecule has 3 N–H and O–H groups in total. The molecule has 2 aromatic rings. The number of aromatic hydroxyl groups is 1. The first-order chi connectivity index (χ1) is 11.5. The zero-order chi connectivity index (χ0) is 18.1. The van der Waals surface area contributed by atoms with E-state index in [0.29, 0.717) is 21.9 Å². The number of halogens is 2. The summed E-state index contributed by atoms with van der Waals surface area (Å²) in [6.45, 7) is 0. The topological polar surface area (TPSA) is 91.2 Å². The van der Waals surface area contributed by atoms with Crippen LogP contribution in [0.2, 0.25) is 10.0 Å². The average molecular weight is 371 g/mol. The molecule has 0 fully saturated rings. The number of rotatable bonds is 4. The van der Waals surface area contributed by atoms with E-state index in [1.165, 1.54) is 25.5 Å². The SMILES string of the molecule is CO.COc1cccc(C(=O)N/N=C/c2cc(Cl)cc(Cl)c2O)c1. The van der Waals surface area contributed by atoms with Crippen molar-refractivity contribution in [3.8, 4) is 11.5 Å². The van der Waals surface area contributed by atoms with Gasteiger partial charge in [-0.1, -0.05) is 29.3 Å². The first kappa shape index (κ1) is 19.8. The Kier molecular flexibility index (Phi) is 8.05. The number of hydrogen-bond donors (Lipinski definition) is 3. The molecule has 0 heterocycles. The van der Waals surface area contributed by atoms with E-state index in [9.17, 15) is 9.90 Å². The number of amides is 1. The van der Waals surface area contributed by atoms with Crippen LogP contribution in [-0.4, -0.2) is 36.6 Å². The number of nitrogens with zero attached hydrogens (tertiary/aromatic N) is 1. The predicted molar refractivity (Wildman–Crippen MR) is 94.3 cm³/mol. The normalized spacial score (nSPS) is 10.0. The Balaban J connectivity index is 0.00000139. The summed E-state index contributed by atoms with van der Waals surface area (Å²) in [6.07, 6.45) is 1.26. The van der Waals surface area contributed by atoms with E-state index in [1.54, 1.807) is 24.3 Å². The summed E-state index contributed by atoms with van der Waals surface area (Å²) in [5, 5.41) is 21.0. The van der Waals surface area contributed by atoms with Crippen LogP contribution in [0.15, 0.2) is 41.5 Å². The lowest BCUT2D eigenvalue weighted by Gasteiger charge is -2.04. The van der Waals surface area contributed by atoms with E-state index < -0.39 is 5.91 Å². The third-order valence-electron chi connectivity index (χ3n) is 2.76. The second-order valence-electron chi connectivity index (χ2n) is 4.26. The predicted octanol–water partition coefficient (Wildman–Crippen LogP) is 3.08. The number of carbonyl (C=O) groups excluding carboxylic acids is 1. The largest absolute Gasteiger partial charge is 0.506 e. The molecule has 0 aliphatic carbocycles. The number of carbonyl (C=O) groups is 1. The van der Waals surface area contributed by atoms with Gasteiger partial charge in [-0.2, -0.15) is 5.10 Å². The van der Waals surface area contributed by atoms with Gasteiger partial charge < -0.3 is 14.9 Å². The summed E-state index contributed by atoms with van der Waals surface area (Å²) in [6, 6.07) is 9.51. The van der Waals surface area contributed by atoms with Gasteiger partial charge in [-0.25, -0.2) is 5.43 Å². The maximum absolute atomic E-state index is 11.9. The molecule has 128 valence electrons. The number of aliphatic hydroxyl groups excluding tert-OH is 1. The average Bonchev–Trinajstić information content (AvgIpc) is 2.60. The Bertz CT molecular complexity index is 736. The van der Waals surface area contributed by atoms with E-state index in [0.717, 1.165) is 7.11 Å². The number of hydrogen-bond acceptors (Lipinski definition) is 5. The molecule has 8 heteroatoms. The highest BCUT2D eigenvalue weighted by molar-refractivity contribution is 6.36. The molecule has 2 aromatic carbocycles. The van der Waals surface area contributed by atoms with Crippen molar-refractivity contribution in [2.75, 3.05) is 14.2 Å². The fraction of sp³-hybridized carbons (Fsp3) is 0.125. The molecule has 0 aliphatic rings. The summed E-state index contributed by atoms with van der Waals surface area (Å²) in [5.74, 6) is -0.0101. The Labute approximate surface area is 149 Å². The number of aliphatic hydroxyl groups is 1. The molecule has 0 saturated carbocycles. The fourth-order valence-corrected chi connectivity index (χ4v) is 2.18. The Morgan fingerprint density at radius 2 is 1.96 bits per heavy atom. The fourth-order valence-electron chi connectivity index (χ4n) is 1.67. The molecule has 0 aliphatic heterocycles. The highest BCUT2D eigenvalue weighted by atomic mass is 35.5. The van der Waals surface area contributed by atoms with Gasteiger partial charge >= 0.3 is 0 Å². The molecule has 0 spiro atoms. The van der Waals surface area contributed by atoms with Gasteiger partial charge in [-0.3, -0.25) is 4.79 Å². The monoisotopic (exact) mass is 370 g/mol. The van der Waals surface area contributed by atoms with E-state index in [2.05, 4.69) is 10.5 Å². The van der Waals surface area contributed by atoms with Crippen molar-refractivity contribution >= 4 is 35.3 Å². The molecule has 2 rings (SSSR count). The lowest BCUT2D eigenvalue weighted by atomic mass is 10.2. The van der Waals surface area contributed by atoms with E-state index in [1.807, 2.05) is 0 Å². The van der Waals surface area contributed by atoms with Crippen LogP contribution >= 0.6 is 23.2 Å². The van der Waals surface area contributed by atoms with E-state index in [4.69, 9.17) is 33.0 Å².